The first-order valence-corrected chi connectivity index (χ1v) is 13.2. The molecule has 0 bridgehead atoms. The van der Waals surface area contributed by atoms with Crippen molar-refractivity contribution < 1.29 is 9.59 Å². The number of rotatable bonds is 10. The molecule has 0 aliphatic carbocycles. The second-order valence-electron chi connectivity index (χ2n) is 9.71. The Morgan fingerprint density at radius 2 is 1.83 bits per heavy atom. The summed E-state index contributed by atoms with van der Waals surface area (Å²) in [4.78, 5) is 28.4. The van der Waals surface area contributed by atoms with Gasteiger partial charge >= 0.3 is 0 Å². The first-order chi connectivity index (χ1) is 17.6. The second-order valence-corrected chi connectivity index (χ2v) is 9.71. The highest BCUT2D eigenvalue weighted by Gasteiger charge is 2.31. The lowest BCUT2D eigenvalue weighted by Crippen LogP contribution is -2.49. The molecule has 2 amide bonds. The molecule has 1 heterocycles. The number of nitrogens with zero attached hydrogens (tertiary/aromatic N) is 1. The predicted octanol–water partition coefficient (Wildman–Crippen LogP) is 4.06. The Kier molecular flexibility index (Phi) is 9.09. The van der Waals surface area contributed by atoms with E-state index in [4.69, 9.17) is 5.73 Å². The van der Waals surface area contributed by atoms with E-state index in [0.29, 0.717) is 44.1 Å². The minimum atomic E-state index is -0.285. The van der Waals surface area contributed by atoms with Gasteiger partial charge in [-0.3, -0.25) is 9.59 Å². The smallest absolute Gasteiger partial charge is 0.251 e. The first kappa shape index (κ1) is 25.9. The van der Waals surface area contributed by atoms with E-state index < -0.39 is 0 Å². The molecule has 0 radical (unpaired) electrons. The molecule has 6 heteroatoms. The van der Waals surface area contributed by atoms with Gasteiger partial charge in [0.15, 0.2) is 0 Å². The van der Waals surface area contributed by atoms with Gasteiger partial charge in [-0.15, -0.1) is 0 Å². The average Bonchev–Trinajstić information content (AvgIpc) is 3.07. The number of benzene rings is 3. The van der Waals surface area contributed by atoms with E-state index in [1.165, 1.54) is 5.56 Å². The van der Waals surface area contributed by atoms with Gasteiger partial charge in [-0.1, -0.05) is 67.6 Å². The van der Waals surface area contributed by atoms with Gasteiger partial charge in [0.2, 0.25) is 5.91 Å². The topological polar surface area (TPSA) is 87.5 Å². The van der Waals surface area contributed by atoms with Crippen molar-refractivity contribution in [1.29, 1.82) is 0 Å². The molecule has 0 aromatic heterocycles. The van der Waals surface area contributed by atoms with Gasteiger partial charge in [-0.2, -0.15) is 0 Å². The van der Waals surface area contributed by atoms with E-state index in [2.05, 4.69) is 41.8 Å². The largest absolute Gasteiger partial charge is 0.350 e. The van der Waals surface area contributed by atoms with Crippen molar-refractivity contribution in [2.45, 2.75) is 50.6 Å². The molecule has 4 N–H and O–H groups in total. The summed E-state index contributed by atoms with van der Waals surface area (Å²) < 4.78 is 0. The van der Waals surface area contributed by atoms with E-state index in [-0.39, 0.29) is 23.9 Å². The van der Waals surface area contributed by atoms with Crippen LogP contribution in [-0.2, 0) is 4.79 Å². The van der Waals surface area contributed by atoms with Crippen molar-refractivity contribution in [2.24, 2.45) is 5.73 Å². The standard InChI is InChI=1S/C30H38N4O2/c1-2-22(23-9-4-3-5-10-23)21-34-18-16-27(33-28(30(34)36)13-8-17-31)20-32-29(35)26-15-14-24-11-6-7-12-25(24)19-26/h3-7,9-12,14-15,19,22,27-28,33H,2,8,13,16-18,20-21,31H2,1H3,(H,32,35)/t22-,27-,28-/m0/s1. The van der Waals surface area contributed by atoms with E-state index in [9.17, 15) is 9.59 Å². The summed E-state index contributed by atoms with van der Waals surface area (Å²) in [6, 6.07) is 23.9. The monoisotopic (exact) mass is 486 g/mol. The van der Waals surface area contributed by atoms with Gasteiger partial charge in [0.1, 0.15) is 0 Å². The number of amides is 2. The molecule has 1 aliphatic rings. The Balaban J connectivity index is 1.42. The minimum Gasteiger partial charge on any atom is -0.350 e. The zero-order chi connectivity index (χ0) is 25.3. The van der Waals surface area contributed by atoms with Crippen LogP contribution in [0.4, 0.5) is 0 Å². The van der Waals surface area contributed by atoms with Crippen LogP contribution in [0, 0.1) is 0 Å². The SMILES string of the molecule is CC[C@@H](CN1CC[C@@H](CNC(=O)c2ccc3ccccc3c2)N[C@@H](CCCN)C1=O)c1ccccc1. The number of carbonyl (C=O) groups excluding carboxylic acids is 2. The summed E-state index contributed by atoms with van der Waals surface area (Å²) in [6.45, 7) is 4.58. The second kappa shape index (κ2) is 12.7. The molecular weight excluding hydrogens is 448 g/mol. The number of nitrogens with one attached hydrogen (secondary N) is 2. The van der Waals surface area contributed by atoms with Crippen molar-refractivity contribution >= 4 is 22.6 Å². The average molecular weight is 487 g/mol. The quantitative estimate of drug-likeness (QED) is 0.403. The highest BCUT2D eigenvalue weighted by Crippen LogP contribution is 2.23. The lowest BCUT2D eigenvalue weighted by molar-refractivity contribution is -0.133. The van der Waals surface area contributed by atoms with Gasteiger partial charge in [0.05, 0.1) is 6.04 Å². The number of carbonyl (C=O) groups is 2. The summed E-state index contributed by atoms with van der Waals surface area (Å²) in [5.74, 6) is 0.347. The minimum absolute atomic E-state index is 0.0166. The van der Waals surface area contributed by atoms with Crippen LogP contribution in [-0.4, -0.2) is 55.0 Å². The highest BCUT2D eigenvalue weighted by atomic mass is 16.2. The Morgan fingerprint density at radius 3 is 2.58 bits per heavy atom. The number of hydrogen-bond acceptors (Lipinski definition) is 4. The summed E-state index contributed by atoms with van der Waals surface area (Å²) in [6.07, 6.45) is 3.24. The maximum Gasteiger partial charge on any atom is 0.251 e. The first-order valence-electron chi connectivity index (χ1n) is 13.2. The molecule has 3 atom stereocenters. The normalized spacial score (nSPS) is 19.2. The lowest BCUT2D eigenvalue weighted by Gasteiger charge is -2.28. The van der Waals surface area contributed by atoms with Gasteiger partial charge < -0.3 is 21.3 Å². The van der Waals surface area contributed by atoms with Crippen molar-refractivity contribution in [3.63, 3.8) is 0 Å². The Morgan fingerprint density at radius 1 is 1.08 bits per heavy atom. The third-order valence-corrected chi connectivity index (χ3v) is 7.22. The number of hydrogen-bond donors (Lipinski definition) is 3. The van der Waals surface area contributed by atoms with E-state index in [1.807, 2.05) is 53.4 Å². The molecule has 3 aromatic carbocycles. The lowest BCUT2D eigenvalue weighted by atomic mass is 9.95. The van der Waals surface area contributed by atoms with Crippen LogP contribution in [0.5, 0.6) is 0 Å². The molecule has 0 unspecified atom stereocenters. The van der Waals surface area contributed by atoms with Gasteiger partial charge in [0, 0.05) is 37.2 Å². The van der Waals surface area contributed by atoms with Crippen LogP contribution >= 0.6 is 0 Å². The summed E-state index contributed by atoms with van der Waals surface area (Å²) in [5.41, 5.74) is 7.68. The molecule has 0 spiro atoms. The van der Waals surface area contributed by atoms with Crippen molar-refractivity contribution in [2.75, 3.05) is 26.2 Å². The third-order valence-electron chi connectivity index (χ3n) is 7.22. The van der Waals surface area contributed by atoms with Gasteiger partial charge in [-0.05, 0) is 60.7 Å². The van der Waals surface area contributed by atoms with Crippen LogP contribution in [0.1, 0.15) is 54.4 Å². The molecule has 0 saturated carbocycles. The van der Waals surface area contributed by atoms with Crippen molar-refractivity contribution in [3.8, 4) is 0 Å². The van der Waals surface area contributed by atoms with E-state index in [0.717, 1.165) is 30.0 Å². The van der Waals surface area contributed by atoms with E-state index >= 15 is 0 Å². The van der Waals surface area contributed by atoms with Crippen molar-refractivity contribution in [1.82, 2.24) is 15.5 Å². The molecule has 190 valence electrons. The fraction of sp³-hybridized carbons (Fsp3) is 0.400. The fourth-order valence-electron chi connectivity index (χ4n) is 5.06. The molecule has 1 fully saturated rings. The van der Waals surface area contributed by atoms with Crippen LogP contribution in [0.3, 0.4) is 0 Å². The van der Waals surface area contributed by atoms with Gasteiger partial charge in [-0.25, -0.2) is 0 Å². The maximum absolute atomic E-state index is 13.5. The molecule has 6 nitrogen and oxygen atoms in total. The zero-order valence-corrected chi connectivity index (χ0v) is 21.2. The molecule has 1 saturated heterocycles. The molecule has 3 aromatic rings. The fourth-order valence-corrected chi connectivity index (χ4v) is 5.06. The summed E-state index contributed by atoms with van der Waals surface area (Å²) in [5, 5.41) is 8.78. The number of fused-ring (bicyclic) bond motifs is 1. The Labute approximate surface area is 214 Å². The predicted molar refractivity (Wildman–Crippen MR) is 146 cm³/mol. The van der Waals surface area contributed by atoms with Crippen LogP contribution < -0.4 is 16.4 Å². The zero-order valence-electron chi connectivity index (χ0n) is 21.2. The maximum atomic E-state index is 13.5. The van der Waals surface area contributed by atoms with Crippen LogP contribution in [0.15, 0.2) is 72.8 Å². The molecule has 4 rings (SSSR count). The molecular formula is C30H38N4O2. The molecule has 36 heavy (non-hydrogen) atoms. The molecule has 1 aliphatic heterocycles. The van der Waals surface area contributed by atoms with Gasteiger partial charge in [0.25, 0.3) is 5.91 Å². The summed E-state index contributed by atoms with van der Waals surface area (Å²) >= 11 is 0. The third kappa shape index (κ3) is 6.50. The van der Waals surface area contributed by atoms with Crippen LogP contribution in [0.25, 0.3) is 10.8 Å². The summed E-state index contributed by atoms with van der Waals surface area (Å²) in [7, 11) is 0. The Hall–Kier alpha value is -3.22. The van der Waals surface area contributed by atoms with E-state index in [1.54, 1.807) is 0 Å². The highest BCUT2D eigenvalue weighted by molar-refractivity contribution is 5.98. The Bertz CT molecular complexity index is 1150. The number of nitrogens with two attached hydrogens (primary N) is 1. The van der Waals surface area contributed by atoms with Crippen molar-refractivity contribution in [3.05, 3.63) is 83.9 Å². The van der Waals surface area contributed by atoms with Crippen LogP contribution in [0.2, 0.25) is 0 Å².